The van der Waals surface area contributed by atoms with Gasteiger partial charge < -0.3 is 11.5 Å². The molecule has 1 amide bonds. The lowest BCUT2D eigenvalue weighted by Gasteiger charge is -2.21. The zero-order valence-electron chi connectivity index (χ0n) is 11.2. The summed E-state index contributed by atoms with van der Waals surface area (Å²) in [5.74, 6) is -1.49. The normalized spacial score (nSPS) is 11.8. The minimum Gasteiger partial charge on any atom is -0.398 e. The van der Waals surface area contributed by atoms with E-state index in [9.17, 15) is 17.6 Å². The third-order valence-corrected chi connectivity index (χ3v) is 4.59. The third-order valence-electron chi connectivity index (χ3n) is 2.69. The van der Waals surface area contributed by atoms with E-state index in [-0.39, 0.29) is 17.1 Å². The van der Waals surface area contributed by atoms with Crippen molar-refractivity contribution in [3.8, 4) is 0 Å². The molecule has 0 bridgehead atoms. The molecule has 0 heterocycles. The van der Waals surface area contributed by atoms with Gasteiger partial charge in [-0.05, 0) is 24.6 Å². The van der Waals surface area contributed by atoms with E-state index in [4.69, 9.17) is 11.5 Å². The predicted octanol–water partition coefficient (Wildman–Crippen LogP) is 0.684. The molecule has 0 saturated carbocycles. The van der Waals surface area contributed by atoms with E-state index in [1.807, 2.05) is 6.92 Å². The Morgan fingerprint density at radius 2 is 2.05 bits per heavy atom. The number of sulfonamides is 1. The number of carbonyl (C=O) groups is 1. The number of anilines is 1. The zero-order chi connectivity index (χ0) is 15.3. The second-order valence-electron chi connectivity index (χ2n) is 4.34. The summed E-state index contributed by atoms with van der Waals surface area (Å²) in [6, 6.07) is 3.08. The molecule has 20 heavy (non-hydrogen) atoms. The summed E-state index contributed by atoms with van der Waals surface area (Å²) < 4.78 is 39.0. The number of nitrogens with zero attached hydrogens (tertiary/aromatic N) is 1. The molecule has 0 aliphatic carbocycles. The Morgan fingerprint density at radius 3 is 2.60 bits per heavy atom. The van der Waals surface area contributed by atoms with E-state index >= 15 is 0 Å². The van der Waals surface area contributed by atoms with Crippen LogP contribution in [0.5, 0.6) is 0 Å². The highest BCUT2D eigenvalue weighted by molar-refractivity contribution is 7.89. The molecule has 0 aliphatic rings. The first-order chi connectivity index (χ1) is 9.28. The molecule has 1 aromatic carbocycles. The number of unbranched alkanes of at least 4 members (excludes halogenated alkanes) is 1. The van der Waals surface area contributed by atoms with Gasteiger partial charge in [0.1, 0.15) is 10.7 Å². The van der Waals surface area contributed by atoms with Crippen molar-refractivity contribution in [3.05, 3.63) is 24.0 Å². The van der Waals surface area contributed by atoms with Crippen LogP contribution < -0.4 is 11.5 Å². The van der Waals surface area contributed by atoms with Crippen LogP contribution in [0, 0.1) is 5.82 Å². The molecule has 0 radical (unpaired) electrons. The number of amides is 1. The van der Waals surface area contributed by atoms with Crippen molar-refractivity contribution in [2.45, 2.75) is 24.7 Å². The van der Waals surface area contributed by atoms with E-state index in [0.717, 1.165) is 22.9 Å². The lowest BCUT2D eigenvalue weighted by atomic mass is 10.3. The van der Waals surface area contributed by atoms with Crippen LogP contribution in [0.2, 0.25) is 0 Å². The van der Waals surface area contributed by atoms with Crippen LogP contribution in [-0.2, 0) is 14.8 Å². The van der Waals surface area contributed by atoms with Gasteiger partial charge in [-0.3, -0.25) is 4.79 Å². The van der Waals surface area contributed by atoms with Crippen molar-refractivity contribution in [1.29, 1.82) is 0 Å². The summed E-state index contributed by atoms with van der Waals surface area (Å²) in [5.41, 5.74) is 10.6. The molecule has 8 heteroatoms. The van der Waals surface area contributed by atoms with Gasteiger partial charge in [0.05, 0.1) is 12.2 Å². The molecular formula is C12H18FN3O3S. The second kappa shape index (κ2) is 6.67. The highest BCUT2D eigenvalue weighted by Gasteiger charge is 2.27. The van der Waals surface area contributed by atoms with Crippen molar-refractivity contribution in [2.24, 2.45) is 5.73 Å². The maximum Gasteiger partial charge on any atom is 0.245 e. The van der Waals surface area contributed by atoms with Gasteiger partial charge in [-0.2, -0.15) is 4.31 Å². The molecule has 6 nitrogen and oxygen atoms in total. The fourth-order valence-electron chi connectivity index (χ4n) is 1.66. The largest absolute Gasteiger partial charge is 0.398 e. The number of rotatable bonds is 7. The predicted molar refractivity (Wildman–Crippen MR) is 73.7 cm³/mol. The summed E-state index contributed by atoms with van der Waals surface area (Å²) in [6.07, 6.45) is 1.30. The molecule has 0 spiro atoms. The van der Waals surface area contributed by atoms with Gasteiger partial charge in [-0.1, -0.05) is 13.3 Å². The van der Waals surface area contributed by atoms with E-state index in [0.29, 0.717) is 6.42 Å². The standard InChI is InChI=1S/C12H18FN3O3S/c1-2-3-6-16(8-12(15)17)20(18,19)11-7-9(13)4-5-10(11)14/h4-5,7H,2-3,6,8,14H2,1H3,(H2,15,17). The zero-order valence-corrected chi connectivity index (χ0v) is 12.0. The molecule has 0 fully saturated rings. The minimum absolute atomic E-state index is 0.0719. The Balaban J connectivity index is 3.20. The van der Waals surface area contributed by atoms with E-state index in [1.165, 1.54) is 6.07 Å². The molecule has 0 unspecified atom stereocenters. The quantitative estimate of drug-likeness (QED) is 0.722. The van der Waals surface area contributed by atoms with Gasteiger partial charge in [-0.15, -0.1) is 0 Å². The Kier molecular flexibility index (Phi) is 5.46. The first-order valence-electron chi connectivity index (χ1n) is 6.12. The average molecular weight is 303 g/mol. The number of hydrogen-bond donors (Lipinski definition) is 2. The Hall–Kier alpha value is -1.67. The topological polar surface area (TPSA) is 106 Å². The molecule has 112 valence electrons. The number of nitrogen functional groups attached to an aromatic ring is 1. The third kappa shape index (κ3) is 3.91. The van der Waals surface area contributed by atoms with Crippen molar-refractivity contribution >= 4 is 21.6 Å². The van der Waals surface area contributed by atoms with Crippen LogP contribution in [0.1, 0.15) is 19.8 Å². The number of halogens is 1. The molecule has 0 aliphatic heterocycles. The molecule has 0 saturated heterocycles. The molecule has 1 rings (SSSR count). The summed E-state index contributed by atoms with van der Waals surface area (Å²) >= 11 is 0. The van der Waals surface area contributed by atoms with Crippen LogP contribution in [0.3, 0.4) is 0 Å². The van der Waals surface area contributed by atoms with E-state index in [2.05, 4.69) is 0 Å². The minimum atomic E-state index is -4.05. The fraction of sp³-hybridized carbons (Fsp3) is 0.417. The lowest BCUT2D eigenvalue weighted by Crippen LogP contribution is -2.39. The van der Waals surface area contributed by atoms with E-state index in [1.54, 1.807) is 0 Å². The number of benzene rings is 1. The van der Waals surface area contributed by atoms with Gasteiger partial charge in [-0.25, -0.2) is 12.8 Å². The smallest absolute Gasteiger partial charge is 0.245 e. The second-order valence-corrected chi connectivity index (χ2v) is 6.25. The van der Waals surface area contributed by atoms with Gasteiger partial charge in [0.2, 0.25) is 15.9 Å². The van der Waals surface area contributed by atoms with Crippen molar-refractivity contribution in [2.75, 3.05) is 18.8 Å². The Bertz CT molecular complexity index is 590. The molecule has 4 N–H and O–H groups in total. The Morgan fingerprint density at radius 1 is 1.40 bits per heavy atom. The van der Waals surface area contributed by atoms with Gasteiger partial charge in [0.15, 0.2) is 0 Å². The monoisotopic (exact) mass is 303 g/mol. The van der Waals surface area contributed by atoms with Crippen LogP contribution in [0.4, 0.5) is 10.1 Å². The summed E-state index contributed by atoms with van der Waals surface area (Å²) in [4.78, 5) is 10.7. The maximum absolute atomic E-state index is 13.2. The number of nitrogens with two attached hydrogens (primary N) is 2. The number of primary amides is 1. The maximum atomic E-state index is 13.2. The van der Waals surface area contributed by atoms with Gasteiger partial charge in [0, 0.05) is 6.54 Å². The van der Waals surface area contributed by atoms with Gasteiger partial charge >= 0.3 is 0 Å². The fourth-order valence-corrected chi connectivity index (χ4v) is 3.24. The lowest BCUT2D eigenvalue weighted by molar-refractivity contribution is -0.118. The molecule has 0 aromatic heterocycles. The van der Waals surface area contributed by atoms with Crippen molar-refractivity contribution in [1.82, 2.24) is 4.31 Å². The Labute approximate surface area is 117 Å². The van der Waals surface area contributed by atoms with Crippen LogP contribution >= 0.6 is 0 Å². The summed E-state index contributed by atoms with van der Waals surface area (Å²) in [5, 5.41) is 0. The molecule has 1 aromatic rings. The molecular weight excluding hydrogens is 285 g/mol. The number of hydrogen-bond acceptors (Lipinski definition) is 4. The average Bonchev–Trinajstić information content (AvgIpc) is 2.36. The molecule has 0 atom stereocenters. The highest BCUT2D eigenvalue weighted by Crippen LogP contribution is 2.23. The van der Waals surface area contributed by atoms with Crippen LogP contribution in [0.15, 0.2) is 23.1 Å². The highest BCUT2D eigenvalue weighted by atomic mass is 32.2. The summed E-state index contributed by atoms with van der Waals surface area (Å²) in [7, 11) is -4.05. The van der Waals surface area contributed by atoms with Crippen LogP contribution in [0.25, 0.3) is 0 Å². The van der Waals surface area contributed by atoms with Crippen molar-refractivity contribution in [3.63, 3.8) is 0 Å². The first kappa shape index (κ1) is 16.4. The van der Waals surface area contributed by atoms with Crippen molar-refractivity contribution < 1.29 is 17.6 Å². The van der Waals surface area contributed by atoms with Gasteiger partial charge in [0.25, 0.3) is 0 Å². The first-order valence-corrected chi connectivity index (χ1v) is 7.56. The van der Waals surface area contributed by atoms with E-state index < -0.39 is 28.3 Å². The van der Waals surface area contributed by atoms with Crippen LogP contribution in [-0.4, -0.2) is 31.7 Å². The summed E-state index contributed by atoms with van der Waals surface area (Å²) in [6.45, 7) is 1.54. The number of carbonyl (C=O) groups excluding carboxylic acids is 1. The SMILES string of the molecule is CCCCN(CC(N)=O)S(=O)(=O)c1cc(F)ccc1N.